The molecule has 2 aromatic heterocycles. The first kappa shape index (κ1) is 63.1. The lowest BCUT2D eigenvalue weighted by Gasteiger charge is -2.38. The van der Waals surface area contributed by atoms with Crippen LogP contribution in [0.2, 0.25) is 0 Å². The number of carbonyl (C=O) groups excluding carboxylic acids is 8. The van der Waals surface area contributed by atoms with E-state index in [0.29, 0.717) is 109 Å². The molecule has 86 heavy (non-hydrogen) atoms. The van der Waals surface area contributed by atoms with Gasteiger partial charge in [0.05, 0.1) is 16.5 Å². The summed E-state index contributed by atoms with van der Waals surface area (Å²) in [7, 11) is 0. The summed E-state index contributed by atoms with van der Waals surface area (Å²) in [5, 5.41) is 18.1. The Bertz CT molecular complexity index is 3210. The van der Waals surface area contributed by atoms with Gasteiger partial charge in [0.25, 0.3) is 11.8 Å². The maximum atomic E-state index is 13.9. The van der Waals surface area contributed by atoms with Crippen molar-refractivity contribution < 1.29 is 57.3 Å². The molecule has 8 atom stereocenters. The molecule has 4 fully saturated rings. The van der Waals surface area contributed by atoms with Crippen LogP contribution in [0.5, 0.6) is 0 Å². The van der Waals surface area contributed by atoms with E-state index < -0.39 is 83.0 Å². The molecule has 2 aromatic carbocycles. The summed E-state index contributed by atoms with van der Waals surface area (Å²) in [6.45, 7) is 16.8. The average molecular weight is 1190 g/mol. The van der Waals surface area contributed by atoms with E-state index in [9.17, 15) is 38.4 Å². The van der Waals surface area contributed by atoms with Crippen LogP contribution in [0.1, 0.15) is 148 Å². The predicted octanol–water partition coefficient (Wildman–Crippen LogP) is 5.53. The summed E-state index contributed by atoms with van der Waals surface area (Å²) in [6, 6.07) is 10.9. The molecule has 6 aliphatic rings. The molecule has 2 spiro atoms. The summed E-state index contributed by atoms with van der Waals surface area (Å²) in [6.07, 6.45) is 11.7. The number of pyridine rings is 2. The van der Waals surface area contributed by atoms with Gasteiger partial charge in [-0.15, -0.1) is 0 Å². The number of esters is 2. The number of aryl methyl sites for hydroxylation is 1. The van der Waals surface area contributed by atoms with E-state index in [0.717, 1.165) is 38.4 Å². The molecule has 22 heteroatoms. The molecule has 0 unspecified atom stereocenters. The van der Waals surface area contributed by atoms with Crippen molar-refractivity contribution in [2.24, 2.45) is 22.7 Å². The third kappa shape index (κ3) is 14.7. The van der Waals surface area contributed by atoms with Gasteiger partial charge >= 0.3 is 11.9 Å². The quantitative estimate of drug-likeness (QED) is 0.135. The van der Waals surface area contributed by atoms with Crippen LogP contribution in [0.3, 0.4) is 0 Å². The number of hydrogen-bond acceptors (Lipinski definition) is 16. The Morgan fingerprint density at radius 1 is 0.547 bits per heavy atom. The highest BCUT2D eigenvalue weighted by Crippen LogP contribution is 2.38. The molecular weight excluding hydrogens is 1100 g/mol. The SMILES string of the molecule is CC(C)[C@@H]1NC(=O)C2(/C=C/c3cc4cc(ccc4cn3)[C@@H](C)OC(=O)[C@@H]3CCCN(N3)C(=O)[C@H](C)NC1=O)CCOCC2.CC(C)[C@@H]1NC(=O)C2(CCOCC2)CCc2cc3cc(ccc3cn2)[C@@H](C)OC(=O)[C@@H]2CCCN(N2)C(=O)[C@H](C)NC1=O. The van der Waals surface area contributed by atoms with Crippen LogP contribution in [-0.4, -0.2) is 143 Å². The molecule has 0 radical (unpaired) electrons. The zero-order chi connectivity index (χ0) is 61.5. The van der Waals surface area contributed by atoms with Crippen molar-refractivity contribution in [1.29, 1.82) is 0 Å². The molecule has 462 valence electrons. The number of hydrogen-bond donors (Lipinski definition) is 6. The second kappa shape index (κ2) is 27.5. The molecule has 22 nitrogen and oxygen atoms in total. The Morgan fingerprint density at radius 3 is 1.53 bits per heavy atom. The van der Waals surface area contributed by atoms with Crippen LogP contribution in [0, 0.1) is 22.7 Å². The largest absolute Gasteiger partial charge is 0.457 e. The summed E-state index contributed by atoms with van der Waals surface area (Å²) >= 11 is 0. The maximum Gasteiger partial charge on any atom is 0.325 e. The van der Waals surface area contributed by atoms with E-state index in [-0.39, 0.29) is 35.5 Å². The Morgan fingerprint density at radius 2 is 1.02 bits per heavy atom. The smallest absolute Gasteiger partial charge is 0.325 e. The van der Waals surface area contributed by atoms with E-state index in [2.05, 4.69) is 42.1 Å². The lowest BCUT2D eigenvalue weighted by Crippen LogP contribution is -2.61. The molecule has 10 bridgehead atoms. The Balaban J connectivity index is 0.000000205. The third-order valence-electron chi connectivity index (χ3n) is 17.7. The van der Waals surface area contributed by atoms with Crippen LogP contribution in [0.15, 0.2) is 67.0 Å². The topological polar surface area (TPSA) is 278 Å². The van der Waals surface area contributed by atoms with Crippen LogP contribution >= 0.6 is 0 Å². The van der Waals surface area contributed by atoms with Gasteiger partial charge in [0.15, 0.2) is 0 Å². The number of hydrazine groups is 2. The van der Waals surface area contributed by atoms with Gasteiger partial charge in [-0.25, -0.2) is 10.9 Å². The Labute approximate surface area is 502 Å². The summed E-state index contributed by atoms with van der Waals surface area (Å²) in [5.41, 5.74) is 7.63. The van der Waals surface area contributed by atoms with Crippen LogP contribution < -0.4 is 32.1 Å². The molecule has 6 amide bonds. The first-order valence-corrected chi connectivity index (χ1v) is 30.5. The number of nitrogens with zero attached hydrogens (tertiary/aromatic N) is 4. The number of amides is 6. The number of cyclic esters (lactones) is 2. The van der Waals surface area contributed by atoms with Gasteiger partial charge in [-0.2, -0.15) is 0 Å². The fraction of sp³-hybridized carbons (Fsp3) is 0.562. The number of carbonyl (C=O) groups is 8. The first-order valence-electron chi connectivity index (χ1n) is 30.5. The lowest BCUT2D eigenvalue weighted by molar-refractivity contribution is -0.158. The average Bonchev–Trinajstić information content (AvgIpc) is 3.36. The molecule has 10 rings (SSSR count). The van der Waals surface area contributed by atoms with Crippen molar-refractivity contribution in [3.8, 4) is 0 Å². The third-order valence-corrected chi connectivity index (χ3v) is 17.7. The number of rotatable bonds is 2. The summed E-state index contributed by atoms with van der Waals surface area (Å²) in [4.78, 5) is 117. The van der Waals surface area contributed by atoms with Gasteiger partial charge in [-0.1, -0.05) is 58.0 Å². The standard InChI is InChI=1S/C32H43N5O6.C32H41N5O6/c2*1-19(2)27-28(38)34-20(3)29(39)37-13-5-6-26(36-37)30(40)43-21(4)22-7-8-23-18-33-25(17-24(23)16-22)9-10-32(31(41)35-27)11-14-42-15-12-32/h7-8,16-21,26-27,36H,5-6,9-15H2,1-4H3,(H,34,38)(H,35,41);7-10,16-21,26-27,36H,5-6,11-15H2,1-4H3,(H,34,38)(H,35,41)/b;10-9+/t2*20-,21+,26-,27-/m00/s1. The maximum absolute atomic E-state index is 13.9. The van der Waals surface area contributed by atoms with E-state index >= 15 is 0 Å². The van der Waals surface area contributed by atoms with Crippen LogP contribution in [0.25, 0.3) is 27.6 Å². The number of aromatic nitrogens is 2. The van der Waals surface area contributed by atoms with Crippen molar-refractivity contribution in [3.63, 3.8) is 0 Å². The van der Waals surface area contributed by atoms with Crippen molar-refractivity contribution in [2.75, 3.05) is 39.5 Å². The fourth-order valence-electron chi connectivity index (χ4n) is 12.0. The lowest BCUT2D eigenvalue weighted by atomic mass is 9.74. The van der Waals surface area contributed by atoms with Crippen LogP contribution in [-0.2, 0) is 63.7 Å². The number of benzene rings is 2. The van der Waals surface area contributed by atoms with E-state index in [4.69, 9.17) is 18.9 Å². The molecule has 6 N–H and O–H groups in total. The first-order chi connectivity index (χ1) is 41.1. The van der Waals surface area contributed by atoms with Crippen molar-refractivity contribution in [2.45, 2.75) is 168 Å². The summed E-state index contributed by atoms with van der Waals surface area (Å²) < 4.78 is 22.9. The molecule has 0 aliphatic carbocycles. The molecule has 8 heterocycles. The minimum absolute atomic E-state index is 0.178. The second-order valence-corrected chi connectivity index (χ2v) is 24.6. The highest BCUT2D eigenvalue weighted by atomic mass is 16.5. The molecule has 0 saturated carbocycles. The highest BCUT2D eigenvalue weighted by Gasteiger charge is 2.44. The Kier molecular flexibility index (Phi) is 20.2. The van der Waals surface area contributed by atoms with Crippen molar-refractivity contribution in [3.05, 3.63) is 89.5 Å². The van der Waals surface area contributed by atoms with Gasteiger partial charge in [-0.05, 0) is 156 Å². The van der Waals surface area contributed by atoms with Gasteiger partial charge < -0.3 is 40.2 Å². The van der Waals surface area contributed by atoms with Gasteiger partial charge in [0, 0.05) is 68.4 Å². The van der Waals surface area contributed by atoms with E-state index in [1.165, 1.54) is 10.0 Å². The number of nitrogens with one attached hydrogen (secondary N) is 6. The van der Waals surface area contributed by atoms with Crippen molar-refractivity contribution >= 4 is 75.0 Å². The molecule has 6 aliphatic heterocycles. The zero-order valence-electron chi connectivity index (χ0n) is 50.7. The number of fused-ring (bicyclic) bond motifs is 8. The van der Waals surface area contributed by atoms with E-state index in [1.807, 2.05) is 108 Å². The van der Waals surface area contributed by atoms with Gasteiger partial charge in [-0.3, -0.25) is 58.3 Å². The molecule has 4 saturated heterocycles. The number of ether oxygens (including phenoxy) is 4. The molecule has 4 aromatic rings. The zero-order valence-corrected chi connectivity index (χ0v) is 50.7. The molecular formula is C64H84N10O12. The van der Waals surface area contributed by atoms with E-state index in [1.54, 1.807) is 20.0 Å². The van der Waals surface area contributed by atoms with Gasteiger partial charge in [0.1, 0.15) is 48.5 Å². The second-order valence-electron chi connectivity index (χ2n) is 24.6. The predicted molar refractivity (Wildman–Crippen MR) is 319 cm³/mol. The monoisotopic (exact) mass is 1180 g/mol. The minimum Gasteiger partial charge on any atom is -0.457 e. The normalized spacial score (nSPS) is 27.8. The highest BCUT2D eigenvalue weighted by molar-refractivity contribution is 5.96. The van der Waals surface area contributed by atoms with Crippen LogP contribution in [0.4, 0.5) is 0 Å². The Hall–Kier alpha value is -7.40. The van der Waals surface area contributed by atoms with Crippen molar-refractivity contribution in [1.82, 2.24) is 52.1 Å². The summed E-state index contributed by atoms with van der Waals surface area (Å²) in [5.74, 6) is -3.39. The minimum atomic E-state index is -0.889. The fourth-order valence-corrected chi connectivity index (χ4v) is 12.0. The van der Waals surface area contributed by atoms with Gasteiger partial charge in [0.2, 0.25) is 23.6 Å².